The highest BCUT2D eigenvalue weighted by Crippen LogP contribution is 2.18. The second kappa shape index (κ2) is 9.40. The smallest absolute Gasteiger partial charge is 0.333 e. The minimum Gasteiger partial charge on any atom is -0.466 e. The Morgan fingerprint density at radius 1 is 1.19 bits per heavy atom. The Kier molecular flexibility index (Phi) is 8.91. The topological polar surface area (TPSA) is 52.3 Å². The molecule has 16 heavy (non-hydrogen) atoms. The molecule has 0 fully saturated rings. The van der Waals surface area contributed by atoms with E-state index in [0.29, 0.717) is 6.54 Å². The highest BCUT2D eigenvalue weighted by atomic mass is 16.5. The van der Waals surface area contributed by atoms with Crippen LogP contribution in [0, 0.1) is 0 Å². The van der Waals surface area contributed by atoms with Gasteiger partial charge >= 0.3 is 5.97 Å². The summed E-state index contributed by atoms with van der Waals surface area (Å²) in [6.07, 6.45) is 5.98. The molecule has 0 atom stereocenters. The molecular formula is C13H25NO2. The molecule has 0 radical (unpaired) electrons. The van der Waals surface area contributed by atoms with E-state index in [1.165, 1.54) is 12.7 Å². The van der Waals surface area contributed by atoms with Crippen LogP contribution >= 0.6 is 0 Å². The first kappa shape index (κ1) is 15.2. The molecule has 94 valence electrons. The number of esters is 1. The van der Waals surface area contributed by atoms with Crippen molar-refractivity contribution in [1.82, 2.24) is 0 Å². The monoisotopic (exact) mass is 227 g/mol. The molecule has 0 aromatic carbocycles. The van der Waals surface area contributed by atoms with Gasteiger partial charge in [-0.05, 0) is 45.6 Å². The Hall–Kier alpha value is -0.830. The van der Waals surface area contributed by atoms with Crippen LogP contribution < -0.4 is 5.73 Å². The summed E-state index contributed by atoms with van der Waals surface area (Å²) in [4.78, 5) is 11.6. The number of carbonyl (C=O) groups excluding carboxylic acids is 1. The fourth-order valence-corrected chi connectivity index (χ4v) is 1.65. The second-order valence-corrected chi connectivity index (χ2v) is 4.10. The number of nitrogens with two attached hydrogens (primary N) is 1. The number of hydrogen-bond donors (Lipinski definition) is 1. The summed E-state index contributed by atoms with van der Waals surface area (Å²) in [5.74, 6) is -0.175. The Morgan fingerprint density at radius 2 is 1.88 bits per heavy atom. The lowest BCUT2D eigenvalue weighted by Gasteiger charge is -2.10. The third-order valence-electron chi connectivity index (χ3n) is 2.73. The third-order valence-corrected chi connectivity index (χ3v) is 2.73. The van der Waals surface area contributed by atoms with Crippen LogP contribution in [0.5, 0.6) is 0 Å². The average Bonchev–Trinajstić information content (AvgIpc) is 2.30. The van der Waals surface area contributed by atoms with Crippen LogP contribution in [0.2, 0.25) is 0 Å². The maximum Gasteiger partial charge on any atom is 0.333 e. The summed E-state index contributed by atoms with van der Waals surface area (Å²) in [5.41, 5.74) is 7.47. The van der Waals surface area contributed by atoms with Gasteiger partial charge in [-0.25, -0.2) is 4.79 Å². The summed E-state index contributed by atoms with van der Waals surface area (Å²) in [5, 5.41) is 0. The lowest BCUT2D eigenvalue weighted by atomic mass is 9.99. The number of methoxy groups -OCH3 is 1. The van der Waals surface area contributed by atoms with E-state index < -0.39 is 0 Å². The first-order chi connectivity index (χ1) is 7.67. The lowest BCUT2D eigenvalue weighted by Crippen LogP contribution is -2.08. The zero-order valence-electron chi connectivity index (χ0n) is 10.8. The van der Waals surface area contributed by atoms with E-state index in [1.807, 2.05) is 6.92 Å². The van der Waals surface area contributed by atoms with E-state index in [1.54, 1.807) is 0 Å². The van der Waals surface area contributed by atoms with E-state index in [4.69, 9.17) is 10.5 Å². The van der Waals surface area contributed by atoms with Gasteiger partial charge in [-0.15, -0.1) is 0 Å². The number of unbranched alkanes of at least 4 members (excludes halogenated alkanes) is 2. The number of rotatable bonds is 8. The Labute approximate surface area is 99.0 Å². The zero-order valence-corrected chi connectivity index (χ0v) is 10.8. The molecule has 0 unspecified atom stereocenters. The van der Waals surface area contributed by atoms with Crippen molar-refractivity contribution in [1.29, 1.82) is 0 Å². The normalized spacial score (nSPS) is 12.2. The lowest BCUT2D eigenvalue weighted by molar-refractivity contribution is -0.136. The molecule has 3 nitrogen and oxygen atoms in total. The van der Waals surface area contributed by atoms with E-state index >= 15 is 0 Å². The average molecular weight is 227 g/mol. The number of ether oxygens (including phenoxy) is 1. The van der Waals surface area contributed by atoms with Gasteiger partial charge in [0.25, 0.3) is 0 Å². The van der Waals surface area contributed by atoms with Gasteiger partial charge in [0.1, 0.15) is 0 Å². The van der Waals surface area contributed by atoms with Crippen LogP contribution in [0.3, 0.4) is 0 Å². The minimum absolute atomic E-state index is 0.175. The molecule has 0 aromatic rings. The second-order valence-electron chi connectivity index (χ2n) is 4.10. The Balaban J connectivity index is 4.44. The molecule has 3 heteroatoms. The fourth-order valence-electron chi connectivity index (χ4n) is 1.65. The quantitative estimate of drug-likeness (QED) is 0.394. The molecule has 0 spiro atoms. The molecule has 0 saturated carbocycles. The van der Waals surface area contributed by atoms with Crippen molar-refractivity contribution in [2.75, 3.05) is 13.7 Å². The molecule has 0 heterocycles. The Bertz CT molecular complexity index is 234. The van der Waals surface area contributed by atoms with Crippen molar-refractivity contribution < 1.29 is 9.53 Å². The van der Waals surface area contributed by atoms with Gasteiger partial charge in [0.05, 0.1) is 7.11 Å². The molecule has 0 aliphatic carbocycles. The number of hydrogen-bond acceptors (Lipinski definition) is 3. The molecule has 0 aliphatic rings. The van der Waals surface area contributed by atoms with Crippen LogP contribution in [0.4, 0.5) is 0 Å². The predicted octanol–water partition coefficient (Wildman–Crippen LogP) is 2.80. The van der Waals surface area contributed by atoms with Gasteiger partial charge in [-0.3, -0.25) is 0 Å². The summed E-state index contributed by atoms with van der Waals surface area (Å²) in [7, 11) is 1.44. The molecule has 0 amide bonds. The summed E-state index contributed by atoms with van der Waals surface area (Å²) in [6, 6.07) is 0. The van der Waals surface area contributed by atoms with Gasteiger partial charge in [-0.1, -0.05) is 18.9 Å². The van der Waals surface area contributed by atoms with Crippen LogP contribution in [-0.4, -0.2) is 19.6 Å². The molecule has 0 aliphatic heterocycles. The molecular weight excluding hydrogens is 202 g/mol. The third kappa shape index (κ3) is 5.91. The van der Waals surface area contributed by atoms with Gasteiger partial charge in [0, 0.05) is 5.57 Å². The van der Waals surface area contributed by atoms with Gasteiger partial charge in [0.15, 0.2) is 0 Å². The van der Waals surface area contributed by atoms with Gasteiger partial charge in [0.2, 0.25) is 0 Å². The van der Waals surface area contributed by atoms with Crippen LogP contribution in [-0.2, 0) is 9.53 Å². The summed E-state index contributed by atoms with van der Waals surface area (Å²) in [6.45, 7) is 4.87. The molecule has 0 saturated heterocycles. The summed E-state index contributed by atoms with van der Waals surface area (Å²) >= 11 is 0. The Morgan fingerprint density at radius 3 is 2.38 bits per heavy atom. The van der Waals surface area contributed by atoms with Crippen molar-refractivity contribution in [3.05, 3.63) is 11.1 Å². The van der Waals surface area contributed by atoms with E-state index in [-0.39, 0.29) is 5.97 Å². The van der Waals surface area contributed by atoms with E-state index in [2.05, 4.69) is 6.92 Å². The van der Waals surface area contributed by atoms with E-state index in [0.717, 1.165) is 44.1 Å². The predicted molar refractivity (Wildman–Crippen MR) is 67.1 cm³/mol. The molecule has 2 N–H and O–H groups in total. The van der Waals surface area contributed by atoms with Gasteiger partial charge < -0.3 is 10.5 Å². The maximum atomic E-state index is 11.6. The van der Waals surface area contributed by atoms with Crippen LogP contribution in [0.15, 0.2) is 11.1 Å². The van der Waals surface area contributed by atoms with Crippen molar-refractivity contribution in [2.24, 2.45) is 5.73 Å². The van der Waals surface area contributed by atoms with Crippen LogP contribution in [0.25, 0.3) is 0 Å². The van der Waals surface area contributed by atoms with Gasteiger partial charge in [-0.2, -0.15) is 0 Å². The van der Waals surface area contributed by atoms with Crippen molar-refractivity contribution in [3.8, 4) is 0 Å². The van der Waals surface area contributed by atoms with Crippen molar-refractivity contribution in [2.45, 2.75) is 52.4 Å². The standard InChI is InChI=1S/C13H25NO2/c1-4-5-8-11(2)12(13(15)16-3)9-6-7-10-14/h4-10,14H2,1-3H3. The number of allylic oxidation sites excluding steroid dienone is 1. The first-order valence-corrected chi connectivity index (χ1v) is 6.14. The zero-order chi connectivity index (χ0) is 12.4. The van der Waals surface area contributed by atoms with Crippen molar-refractivity contribution in [3.63, 3.8) is 0 Å². The maximum absolute atomic E-state index is 11.6. The fraction of sp³-hybridized carbons (Fsp3) is 0.769. The van der Waals surface area contributed by atoms with Crippen molar-refractivity contribution >= 4 is 5.97 Å². The highest BCUT2D eigenvalue weighted by Gasteiger charge is 2.12. The molecule has 0 aromatic heterocycles. The van der Waals surface area contributed by atoms with E-state index in [9.17, 15) is 4.79 Å². The highest BCUT2D eigenvalue weighted by molar-refractivity contribution is 5.89. The summed E-state index contributed by atoms with van der Waals surface area (Å²) < 4.78 is 4.82. The van der Waals surface area contributed by atoms with Crippen LogP contribution in [0.1, 0.15) is 52.4 Å². The molecule has 0 bridgehead atoms. The SMILES string of the molecule is CCCCC(C)=C(CCCCN)C(=O)OC. The largest absolute Gasteiger partial charge is 0.466 e. The first-order valence-electron chi connectivity index (χ1n) is 6.14. The minimum atomic E-state index is -0.175. The molecule has 0 rings (SSSR count). The number of carbonyl (C=O) groups is 1.